The molecule has 0 aliphatic carbocycles. The lowest BCUT2D eigenvalue weighted by Crippen LogP contribution is -2.44. The Balaban J connectivity index is 1.32. The quantitative estimate of drug-likeness (QED) is 0.234. The fraction of sp³-hybridized carbons (Fsp3) is 0.172. The van der Waals surface area contributed by atoms with Crippen LogP contribution in [0.5, 0.6) is 5.75 Å². The highest BCUT2D eigenvalue weighted by molar-refractivity contribution is 7.98. The third kappa shape index (κ3) is 8.42. The van der Waals surface area contributed by atoms with Crippen molar-refractivity contribution < 1.29 is 23.9 Å². The molecule has 0 bridgehead atoms. The summed E-state index contributed by atoms with van der Waals surface area (Å²) in [6.07, 6.45) is 0. The number of aromatic nitrogens is 1. The van der Waals surface area contributed by atoms with E-state index in [2.05, 4.69) is 15.6 Å². The van der Waals surface area contributed by atoms with Crippen molar-refractivity contribution in [1.29, 1.82) is 0 Å². The number of hydrogen-bond donors (Lipinski definition) is 2. The van der Waals surface area contributed by atoms with E-state index in [1.165, 1.54) is 23.1 Å². The number of hydrogen-bond acceptors (Lipinski definition) is 8. The Morgan fingerprint density at radius 3 is 2.33 bits per heavy atom. The minimum Gasteiger partial charge on any atom is -0.497 e. The number of carbonyl (C=O) groups excluding carboxylic acids is 3. The second-order valence-electron chi connectivity index (χ2n) is 8.32. The predicted molar refractivity (Wildman–Crippen MR) is 154 cm³/mol. The number of amides is 2. The summed E-state index contributed by atoms with van der Waals surface area (Å²) in [7, 11) is 1.60. The molecule has 0 saturated carbocycles. The Morgan fingerprint density at radius 1 is 0.949 bits per heavy atom. The lowest BCUT2D eigenvalue weighted by atomic mass is 10.2. The monoisotopic (exact) mass is 561 g/mol. The van der Waals surface area contributed by atoms with Gasteiger partial charge in [-0.1, -0.05) is 48.5 Å². The molecule has 2 N–H and O–H groups in total. The second-order valence-corrected chi connectivity index (χ2v) is 10.2. The highest BCUT2D eigenvalue weighted by Gasteiger charge is 2.24. The first-order chi connectivity index (χ1) is 19.0. The van der Waals surface area contributed by atoms with Gasteiger partial charge < -0.3 is 14.8 Å². The van der Waals surface area contributed by atoms with Gasteiger partial charge in [-0.3, -0.25) is 14.9 Å². The zero-order valence-corrected chi connectivity index (χ0v) is 22.8. The molecule has 1 atom stereocenters. The first kappa shape index (κ1) is 27.9. The van der Waals surface area contributed by atoms with Crippen LogP contribution in [0.15, 0.2) is 90.3 Å². The molecule has 10 heteroatoms. The molecule has 39 heavy (non-hydrogen) atoms. The summed E-state index contributed by atoms with van der Waals surface area (Å²) in [4.78, 5) is 42.5. The molecule has 0 aliphatic rings. The largest absolute Gasteiger partial charge is 0.497 e. The van der Waals surface area contributed by atoms with E-state index >= 15 is 0 Å². The third-order valence-corrected chi connectivity index (χ3v) is 7.37. The Labute approximate surface area is 234 Å². The summed E-state index contributed by atoms with van der Waals surface area (Å²) < 4.78 is 10.4. The lowest BCUT2D eigenvalue weighted by molar-refractivity contribution is -0.148. The van der Waals surface area contributed by atoms with Crippen molar-refractivity contribution in [2.45, 2.75) is 11.8 Å². The molecule has 1 unspecified atom stereocenters. The first-order valence-electron chi connectivity index (χ1n) is 12.1. The highest BCUT2D eigenvalue weighted by Crippen LogP contribution is 2.26. The summed E-state index contributed by atoms with van der Waals surface area (Å²) >= 11 is 2.75. The van der Waals surface area contributed by atoms with Gasteiger partial charge in [-0.2, -0.15) is 11.8 Å². The summed E-state index contributed by atoms with van der Waals surface area (Å²) in [6.45, 7) is -0.503. The van der Waals surface area contributed by atoms with Crippen molar-refractivity contribution in [1.82, 2.24) is 10.3 Å². The Hall–Kier alpha value is -4.15. The zero-order chi connectivity index (χ0) is 27.5. The Bertz CT molecular complexity index is 1380. The molecule has 0 aliphatic heterocycles. The minimum atomic E-state index is -0.930. The number of thioether (sulfide) groups is 1. The van der Waals surface area contributed by atoms with Gasteiger partial charge in [0, 0.05) is 28.0 Å². The van der Waals surface area contributed by atoms with Crippen LogP contribution in [-0.4, -0.2) is 48.3 Å². The molecule has 8 nitrogen and oxygen atoms in total. The van der Waals surface area contributed by atoms with E-state index in [0.717, 1.165) is 16.9 Å². The number of carbonyl (C=O) groups is 3. The predicted octanol–water partition coefficient (Wildman–Crippen LogP) is 5.03. The van der Waals surface area contributed by atoms with Crippen molar-refractivity contribution in [2.24, 2.45) is 0 Å². The molecule has 4 rings (SSSR count). The number of methoxy groups -OCH3 is 1. The minimum absolute atomic E-state index is 0.283. The van der Waals surface area contributed by atoms with Crippen LogP contribution in [0.25, 0.3) is 11.3 Å². The van der Waals surface area contributed by atoms with Crippen molar-refractivity contribution in [2.75, 3.05) is 24.8 Å². The number of benzene rings is 3. The third-order valence-electron chi connectivity index (χ3n) is 5.50. The first-order valence-corrected chi connectivity index (χ1v) is 14.1. The molecule has 4 aromatic rings. The topological polar surface area (TPSA) is 107 Å². The molecular weight excluding hydrogens is 534 g/mol. The summed E-state index contributed by atoms with van der Waals surface area (Å²) in [5.74, 6) is 0.0766. The number of thiazole rings is 1. The fourth-order valence-corrected chi connectivity index (χ4v) is 5.22. The molecule has 1 aromatic heterocycles. The van der Waals surface area contributed by atoms with E-state index in [0.29, 0.717) is 22.1 Å². The maximum absolute atomic E-state index is 12.9. The van der Waals surface area contributed by atoms with Gasteiger partial charge >= 0.3 is 5.97 Å². The summed E-state index contributed by atoms with van der Waals surface area (Å²) in [6, 6.07) is 24.9. The van der Waals surface area contributed by atoms with Crippen molar-refractivity contribution in [3.63, 3.8) is 0 Å². The Kier molecular flexibility index (Phi) is 10.1. The van der Waals surface area contributed by atoms with Gasteiger partial charge in [0.25, 0.3) is 11.8 Å². The van der Waals surface area contributed by atoms with Crippen LogP contribution < -0.4 is 15.4 Å². The van der Waals surface area contributed by atoms with Gasteiger partial charge in [-0.25, -0.2) is 9.78 Å². The average Bonchev–Trinajstić information content (AvgIpc) is 3.44. The van der Waals surface area contributed by atoms with Gasteiger partial charge in [-0.15, -0.1) is 11.3 Å². The van der Waals surface area contributed by atoms with E-state index in [9.17, 15) is 14.4 Å². The van der Waals surface area contributed by atoms with E-state index < -0.39 is 30.4 Å². The summed E-state index contributed by atoms with van der Waals surface area (Å²) in [5.41, 5.74) is 3.11. The Morgan fingerprint density at radius 2 is 1.64 bits per heavy atom. The molecule has 0 saturated heterocycles. The number of rotatable bonds is 12. The van der Waals surface area contributed by atoms with Crippen LogP contribution >= 0.6 is 23.1 Å². The molecule has 3 aromatic carbocycles. The number of ether oxygens (including phenoxy) is 2. The highest BCUT2D eigenvalue weighted by atomic mass is 32.2. The van der Waals surface area contributed by atoms with Crippen LogP contribution in [-0.2, 0) is 20.1 Å². The average molecular weight is 562 g/mol. The van der Waals surface area contributed by atoms with E-state index in [4.69, 9.17) is 9.47 Å². The van der Waals surface area contributed by atoms with Crippen molar-refractivity contribution >= 4 is 46.0 Å². The molecule has 1 heterocycles. The fourth-order valence-electron chi connectivity index (χ4n) is 3.49. The van der Waals surface area contributed by atoms with Gasteiger partial charge in [0.15, 0.2) is 11.7 Å². The normalized spacial score (nSPS) is 11.3. The molecule has 0 fully saturated rings. The smallest absolute Gasteiger partial charge is 0.330 e. The lowest BCUT2D eigenvalue weighted by Gasteiger charge is -2.17. The van der Waals surface area contributed by atoms with Crippen LogP contribution in [0.1, 0.15) is 15.9 Å². The maximum atomic E-state index is 12.9. The zero-order valence-electron chi connectivity index (χ0n) is 21.2. The standard InChI is InChI=1S/C29H27N3O5S2/c1-36-23-14-12-21(13-15-23)24-19-39-29(31-24)32-26(33)16-37-28(35)25(18-38-17-20-8-4-2-5-9-20)30-27(34)22-10-6-3-7-11-22/h2-15,19,25H,16-18H2,1H3,(H,30,34)(H,31,32,33). The number of nitrogens with one attached hydrogen (secondary N) is 2. The molecule has 0 radical (unpaired) electrons. The van der Waals surface area contributed by atoms with E-state index in [-0.39, 0.29) is 5.75 Å². The second kappa shape index (κ2) is 14.1. The van der Waals surface area contributed by atoms with Crippen LogP contribution in [0.2, 0.25) is 0 Å². The number of esters is 1. The molecular formula is C29H27N3O5S2. The van der Waals surface area contributed by atoms with Crippen LogP contribution in [0.3, 0.4) is 0 Å². The van der Waals surface area contributed by atoms with Crippen LogP contribution in [0.4, 0.5) is 5.13 Å². The van der Waals surface area contributed by atoms with Gasteiger partial charge in [0.05, 0.1) is 12.8 Å². The van der Waals surface area contributed by atoms with E-state index in [1.54, 1.807) is 37.4 Å². The molecule has 0 spiro atoms. The van der Waals surface area contributed by atoms with Gasteiger partial charge in [-0.05, 0) is 42.0 Å². The van der Waals surface area contributed by atoms with Crippen molar-refractivity contribution in [3.8, 4) is 17.0 Å². The van der Waals surface area contributed by atoms with Crippen LogP contribution in [0, 0.1) is 0 Å². The van der Waals surface area contributed by atoms with Gasteiger partial charge in [0.2, 0.25) is 0 Å². The van der Waals surface area contributed by atoms with Crippen molar-refractivity contribution in [3.05, 3.63) is 101 Å². The SMILES string of the molecule is COc1ccc(-c2csc(NC(=O)COC(=O)C(CSCc3ccccc3)NC(=O)c3ccccc3)n2)cc1. The summed E-state index contributed by atoms with van der Waals surface area (Å²) in [5, 5.41) is 7.60. The van der Waals surface area contributed by atoms with Gasteiger partial charge in [0.1, 0.15) is 11.8 Å². The molecule has 200 valence electrons. The molecule has 2 amide bonds. The van der Waals surface area contributed by atoms with E-state index in [1.807, 2.05) is 60.0 Å². The number of anilines is 1. The number of nitrogens with zero attached hydrogens (tertiary/aromatic N) is 1. The maximum Gasteiger partial charge on any atom is 0.330 e.